The largest absolute Gasteiger partial charge is 0.456 e. The van der Waals surface area contributed by atoms with Crippen molar-refractivity contribution in [3.63, 3.8) is 0 Å². The Morgan fingerprint density at radius 3 is 2.68 bits per heavy atom. The Hall–Kier alpha value is -1.96. The van der Waals surface area contributed by atoms with Gasteiger partial charge in [0, 0.05) is 29.9 Å². The second-order valence-electron chi connectivity index (χ2n) is 4.76. The Morgan fingerprint density at radius 1 is 1.11 bits per heavy atom. The Kier molecular flexibility index (Phi) is 3.16. The monoisotopic (exact) mass is 253 g/mol. The molecule has 98 valence electrons. The molecule has 0 atom stereocenters. The molecule has 1 aromatic rings. The fraction of sp³-hybridized carbons (Fsp3) is 0.294. The molecule has 0 radical (unpaired) electrons. The van der Waals surface area contributed by atoms with E-state index in [0.29, 0.717) is 0 Å². The van der Waals surface area contributed by atoms with E-state index in [1.165, 1.54) is 11.3 Å². The van der Waals surface area contributed by atoms with E-state index in [9.17, 15) is 0 Å². The molecule has 19 heavy (non-hydrogen) atoms. The quantitative estimate of drug-likeness (QED) is 0.808. The van der Waals surface area contributed by atoms with E-state index in [4.69, 9.17) is 4.74 Å². The second-order valence-corrected chi connectivity index (χ2v) is 4.76. The molecule has 0 saturated carbocycles. The van der Waals surface area contributed by atoms with Gasteiger partial charge in [-0.3, -0.25) is 0 Å². The van der Waals surface area contributed by atoms with Gasteiger partial charge in [0.2, 0.25) is 0 Å². The highest BCUT2D eigenvalue weighted by Crippen LogP contribution is 2.37. The van der Waals surface area contributed by atoms with Crippen molar-refractivity contribution in [3.8, 4) is 5.75 Å². The van der Waals surface area contributed by atoms with E-state index in [1.807, 2.05) is 12.1 Å². The van der Waals surface area contributed by atoms with Crippen molar-refractivity contribution >= 4 is 6.08 Å². The summed E-state index contributed by atoms with van der Waals surface area (Å²) in [5, 5.41) is 0. The lowest BCUT2D eigenvalue weighted by atomic mass is 9.97. The van der Waals surface area contributed by atoms with E-state index in [1.54, 1.807) is 0 Å². The third kappa shape index (κ3) is 2.07. The molecule has 1 heterocycles. The zero-order chi connectivity index (χ0) is 13.2. The molecular weight excluding hydrogens is 234 g/mol. The number of allylic oxidation sites excluding steroid dienone is 2. The highest BCUT2D eigenvalue weighted by atomic mass is 16.5. The maximum atomic E-state index is 6.03. The zero-order valence-corrected chi connectivity index (χ0v) is 11.5. The smallest absolute Gasteiger partial charge is 0.134 e. The molecule has 2 nitrogen and oxygen atoms in total. The maximum Gasteiger partial charge on any atom is 0.134 e. The standard InChI is InChI=1S/C17H19NO/c1-3-18(4-2)15-9-7-11-17-14(15)12-13-8-5-6-10-16(13)19-17/h5-6,8-12H,3-4,7H2,1-2H3. The predicted octanol–water partition coefficient (Wildman–Crippen LogP) is 3.98. The van der Waals surface area contributed by atoms with Crippen LogP contribution in [0.15, 0.2) is 53.4 Å². The van der Waals surface area contributed by atoms with Crippen LogP contribution in [0, 0.1) is 0 Å². The van der Waals surface area contributed by atoms with E-state index < -0.39 is 0 Å². The molecule has 0 bridgehead atoms. The van der Waals surface area contributed by atoms with Gasteiger partial charge >= 0.3 is 0 Å². The van der Waals surface area contributed by atoms with Gasteiger partial charge in [0.15, 0.2) is 0 Å². The first-order valence-corrected chi connectivity index (χ1v) is 6.98. The number of benzene rings is 1. The van der Waals surface area contributed by atoms with E-state index in [0.717, 1.165) is 36.6 Å². The molecule has 3 rings (SSSR count). The first kappa shape index (κ1) is 12.1. The van der Waals surface area contributed by atoms with Crippen LogP contribution in [-0.2, 0) is 0 Å². The number of ether oxygens (including phenoxy) is 1. The molecule has 1 aliphatic carbocycles. The van der Waals surface area contributed by atoms with Crippen LogP contribution in [0.1, 0.15) is 25.8 Å². The summed E-state index contributed by atoms with van der Waals surface area (Å²) in [6.45, 7) is 6.43. The van der Waals surface area contributed by atoms with Crippen LogP contribution in [0.3, 0.4) is 0 Å². The van der Waals surface area contributed by atoms with Crippen molar-refractivity contribution in [3.05, 3.63) is 59.0 Å². The number of fused-ring (bicyclic) bond motifs is 2. The fourth-order valence-corrected chi connectivity index (χ4v) is 2.70. The minimum Gasteiger partial charge on any atom is -0.456 e. The average molecular weight is 253 g/mol. The van der Waals surface area contributed by atoms with Crippen molar-refractivity contribution in [2.75, 3.05) is 13.1 Å². The van der Waals surface area contributed by atoms with Crippen molar-refractivity contribution < 1.29 is 4.74 Å². The highest BCUT2D eigenvalue weighted by Gasteiger charge is 2.24. The van der Waals surface area contributed by atoms with Gasteiger partial charge in [-0.05, 0) is 38.5 Å². The van der Waals surface area contributed by atoms with Crippen LogP contribution in [0.25, 0.3) is 6.08 Å². The fourth-order valence-electron chi connectivity index (χ4n) is 2.70. The molecule has 0 fully saturated rings. The summed E-state index contributed by atoms with van der Waals surface area (Å²) in [6, 6.07) is 8.20. The van der Waals surface area contributed by atoms with E-state index in [-0.39, 0.29) is 0 Å². The van der Waals surface area contributed by atoms with Crippen LogP contribution in [0.4, 0.5) is 0 Å². The molecule has 0 amide bonds. The van der Waals surface area contributed by atoms with E-state index in [2.05, 4.69) is 49.1 Å². The third-order valence-electron chi connectivity index (χ3n) is 3.70. The molecule has 1 aliphatic heterocycles. The number of para-hydroxylation sites is 1. The SMILES string of the molecule is CCN(CC)C1=CCC=C2Oc3ccccc3C=C21. The van der Waals surface area contributed by atoms with Crippen LogP contribution in [0.2, 0.25) is 0 Å². The van der Waals surface area contributed by atoms with Crippen LogP contribution < -0.4 is 4.74 Å². The first-order valence-electron chi connectivity index (χ1n) is 6.98. The molecule has 0 N–H and O–H groups in total. The van der Waals surface area contributed by atoms with Crippen molar-refractivity contribution in [1.82, 2.24) is 4.90 Å². The number of hydrogen-bond acceptors (Lipinski definition) is 2. The number of nitrogens with zero attached hydrogens (tertiary/aromatic N) is 1. The summed E-state index contributed by atoms with van der Waals surface area (Å²) in [5.74, 6) is 1.96. The Labute approximate surface area is 114 Å². The van der Waals surface area contributed by atoms with Crippen molar-refractivity contribution in [2.24, 2.45) is 0 Å². The number of hydrogen-bond donors (Lipinski definition) is 0. The maximum absolute atomic E-state index is 6.03. The molecule has 0 unspecified atom stereocenters. The molecule has 1 aromatic carbocycles. The summed E-state index contributed by atoms with van der Waals surface area (Å²) in [5.41, 5.74) is 3.68. The number of likely N-dealkylation sites (N-methyl/N-ethyl adjacent to an activating group) is 1. The highest BCUT2D eigenvalue weighted by molar-refractivity contribution is 5.71. The first-order chi connectivity index (χ1) is 9.33. The van der Waals surface area contributed by atoms with Crippen molar-refractivity contribution in [2.45, 2.75) is 20.3 Å². The summed E-state index contributed by atoms with van der Waals surface area (Å²) in [7, 11) is 0. The predicted molar refractivity (Wildman–Crippen MR) is 78.8 cm³/mol. The van der Waals surface area contributed by atoms with Crippen LogP contribution in [0.5, 0.6) is 5.75 Å². The van der Waals surface area contributed by atoms with Crippen LogP contribution >= 0.6 is 0 Å². The van der Waals surface area contributed by atoms with Gasteiger partial charge in [-0.25, -0.2) is 0 Å². The third-order valence-corrected chi connectivity index (χ3v) is 3.70. The zero-order valence-electron chi connectivity index (χ0n) is 11.5. The Morgan fingerprint density at radius 2 is 1.89 bits per heavy atom. The lowest BCUT2D eigenvalue weighted by molar-refractivity contribution is 0.369. The molecule has 0 saturated heterocycles. The summed E-state index contributed by atoms with van der Waals surface area (Å²) in [4.78, 5) is 2.39. The minimum atomic E-state index is 0.945. The van der Waals surface area contributed by atoms with Gasteiger partial charge < -0.3 is 9.64 Å². The molecule has 2 aliphatic rings. The topological polar surface area (TPSA) is 12.5 Å². The van der Waals surface area contributed by atoms with Gasteiger partial charge in [0.25, 0.3) is 0 Å². The van der Waals surface area contributed by atoms with Gasteiger partial charge in [-0.1, -0.05) is 24.3 Å². The second kappa shape index (κ2) is 4.96. The lowest BCUT2D eigenvalue weighted by Crippen LogP contribution is -2.26. The average Bonchev–Trinajstić information content (AvgIpc) is 2.46. The summed E-state index contributed by atoms with van der Waals surface area (Å²) < 4.78 is 6.03. The normalized spacial score (nSPS) is 16.4. The minimum absolute atomic E-state index is 0.945. The Balaban J connectivity index is 2.04. The van der Waals surface area contributed by atoms with Gasteiger partial charge in [-0.2, -0.15) is 0 Å². The molecular formula is C17H19NO. The van der Waals surface area contributed by atoms with Crippen LogP contribution in [-0.4, -0.2) is 18.0 Å². The Bertz CT molecular complexity index is 577. The van der Waals surface area contributed by atoms with Gasteiger partial charge in [0.1, 0.15) is 11.5 Å². The van der Waals surface area contributed by atoms with Gasteiger partial charge in [-0.15, -0.1) is 0 Å². The summed E-state index contributed by atoms with van der Waals surface area (Å²) >= 11 is 0. The molecule has 2 heteroatoms. The van der Waals surface area contributed by atoms with Gasteiger partial charge in [0.05, 0.1) is 0 Å². The molecule has 0 spiro atoms. The van der Waals surface area contributed by atoms with Crippen molar-refractivity contribution in [1.29, 1.82) is 0 Å². The van der Waals surface area contributed by atoms with E-state index >= 15 is 0 Å². The number of rotatable bonds is 3. The summed E-state index contributed by atoms with van der Waals surface area (Å²) in [6.07, 6.45) is 7.64. The molecule has 0 aromatic heterocycles. The lowest BCUT2D eigenvalue weighted by Gasteiger charge is -2.31.